The van der Waals surface area contributed by atoms with Crippen molar-refractivity contribution >= 4 is 0 Å². The lowest BCUT2D eigenvalue weighted by Gasteiger charge is -2.06. The molecule has 0 bridgehead atoms. The zero-order valence-corrected chi connectivity index (χ0v) is 15.2. The van der Waals surface area contributed by atoms with Gasteiger partial charge in [-0.3, -0.25) is 0 Å². The monoisotopic (exact) mass is 304 g/mol. The first-order valence-electron chi connectivity index (χ1n) is 9.34. The fourth-order valence-electron chi connectivity index (χ4n) is 2.88. The van der Waals surface area contributed by atoms with Crippen LogP contribution in [-0.4, -0.2) is 6.61 Å². The molecule has 0 aromatic heterocycles. The Bertz CT molecular complexity index is 387. The topological polar surface area (TPSA) is 9.23 Å². The standard InChI is InChI=1S/C21H36O/c1-5-6-7-8-9-10-11-12-13-14-21-20(15-16-22-21)17-19(4)18(2)3/h17H,2,5-16H2,1,3-4H3. The molecular weight excluding hydrogens is 268 g/mol. The summed E-state index contributed by atoms with van der Waals surface area (Å²) in [6.07, 6.45) is 16.9. The Morgan fingerprint density at radius 1 is 1.00 bits per heavy atom. The van der Waals surface area contributed by atoms with E-state index < -0.39 is 0 Å². The van der Waals surface area contributed by atoms with Crippen molar-refractivity contribution in [3.05, 3.63) is 35.1 Å². The lowest BCUT2D eigenvalue weighted by molar-refractivity contribution is 0.232. The van der Waals surface area contributed by atoms with E-state index in [9.17, 15) is 0 Å². The van der Waals surface area contributed by atoms with Crippen LogP contribution in [0.3, 0.4) is 0 Å². The average Bonchev–Trinajstić information content (AvgIpc) is 2.92. The molecule has 0 aromatic carbocycles. The van der Waals surface area contributed by atoms with Gasteiger partial charge < -0.3 is 4.74 Å². The molecule has 22 heavy (non-hydrogen) atoms. The number of rotatable bonds is 12. The summed E-state index contributed by atoms with van der Waals surface area (Å²) in [4.78, 5) is 0. The number of ether oxygens (including phenoxy) is 1. The molecule has 1 nitrogen and oxygen atoms in total. The van der Waals surface area contributed by atoms with Crippen molar-refractivity contribution in [2.45, 2.75) is 91.4 Å². The van der Waals surface area contributed by atoms with Crippen molar-refractivity contribution in [1.82, 2.24) is 0 Å². The van der Waals surface area contributed by atoms with Gasteiger partial charge in [-0.25, -0.2) is 0 Å². The summed E-state index contributed by atoms with van der Waals surface area (Å²) in [5.41, 5.74) is 3.84. The van der Waals surface area contributed by atoms with Crippen LogP contribution >= 0.6 is 0 Å². The molecule has 0 atom stereocenters. The molecule has 1 heterocycles. The van der Waals surface area contributed by atoms with Crippen LogP contribution in [0.5, 0.6) is 0 Å². The molecule has 1 aliphatic heterocycles. The van der Waals surface area contributed by atoms with Gasteiger partial charge in [0.25, 0.3) is 0 Å². The zero-order valence-electron chi connectivity index (χ0n) is 15.2. The van der Waals surface area contributed by atoms with Crippen LogP contribution in [0.1, 0.15) is 91.4 Å². The fraction of sp³-hybridized carbons (Fsp3) is 0.714. The van der Waals surface area contributed by atoms with E-state index in [0.717, 1.165) is 25.0 Å². The second-order valence-electron chi connectivity index (χ2n) is 6.73. The first kappa shape index (κ1) is 19.1. The van der Waals surface area contributed by atoms with Gasteiger partial charge in [0.05, 0.1) is 12.4 Å². The third kappa shape index (κ3) is 7.87. The van der Waals surface area contributed by atoms with Crippen LogP contribution in [0.15, 0.2) is 35.1 Å². The van der Waals surface area contributed by atoms with E-state index in [2.05, 4.69) is 33.4 Å². The fourth-order valence-corrected chi connectivity index (χ4v) is 2.88. The largest absolute Gasteiger partial charge is 0.497 e. The molecule has 0 aromatic rings. The molecule has 1 heteroatoms. The molecular formula is C21H36O. The normalized spacial score (nSPS) is 15.3. The quantitative estimate of drug-likeness (QED) is 0.276. The second-order valence-corrected chi connectivity index (χ2v) is 6.73. The molecule has 0 amide bonds. The Labute approximate surface area is 138 Å². The van der Waals surface area contributed by atoms with E-state index in [1.807, 2.05) is 0 Å². The summed E-state index contributed by atoms with van der Waals surface area (Å²) in [7, 11) is 0. The Morgan fingerprint density at radius 2 is 1.59 bits per heavy atom. The van der Waals surface area contributed by atoms with Crippen molar-refractivity contribution in [2.75, 3.05) is 6.61 Å². The van der Waals surface area contributed by atoms with Crippen molar-refractivity contribution in [1.29, 1.82) is 0 Å². The van der Waals surface area contributed by atoms with Crippen LogP contribution < -0.4 is 0 Å². The molecule has 1 aliphatic rings. The van der Waals surface area contributed by atoms with Crippen LogP contribution in [0.4, 0.5) is 0 Å². The molecule has 0 spiro atoms. The third-order valence-electron chi connectivity index (χ3n) is 4.58. The van der Waals surface area contributed by atoms with Gasteiger partial charge in [0.2, 0.25) is 0 Å². The zero-order chi connectivity index (χ0) is 16.2. The van der Waals surface area contributed by atoms with Gasteiger partial charge in [0, 0.05) is 12.8 Å². The van der Waals surface area contributed by atoms with E-state index >= 15 is 0 Å². The van der Waals surface area contributed by atoms with Crippen molar-refractivity contribution in [2.24, 2.45) is 0 Å². The van der Waals surface area contributed by atoms with Crippen LogP contribution in [0.25, 0.3) is 0 Å². The maximum atomic E-state index is 5.82. The predicted molar refractivity (Wildman–Crippen MR) is 98.0 cm³/mol. The minimum atomic E-state index is 0.863. The maximum absolute atomic E-state index is 5.82. The molecule has 0 radical (unpaired) electrons. The molecule has 0 fully saturated rings. The Hall–Kier alpha value is -0.980. The smallest absolute Gasteiger partial charge is 0.0993 e. The predicted octanol–water partition coefficient (Wildman–Crippen LogP) is 7.10. The van der Waals surface area contributed by atoms with Crippen molar-refractivity contribution < 1.29 is 4.74 Å². The van der Waals surface area contributed by atoms with Crippen LogP contribution in [0.2, 0.25) is 0 Å². The SMILES string of the molecule is C=C(C)C(C)=CC1=C(CCCCCCCCCCC)OCC1. The van der Waals surface area contributed by atoms with E-state index in [4.69, 9.17) is 4.74 Å². The summed E-state index contributed by atoms with van der Waals surface area (Å²) in [6.45, 7) is 11.4. The summed E-state index contributed by atoms with van der Waals surface area (Å²) < 4.78 is 5.82. The molecule has 0 N–H and O–H groups in total. The third-order valence-corrected chi connectivity index (χ3v) is 4.58. The maximum Gasteiger partial charge on any atom is 0.0993 e. The first-order valence-corrected chi connectivity index (χ1v) is 9.34. The minimum absolute atomic E-state index is 0.863. The molecule has 0 aliphatic carbocycles. The van der Waals surface area contributed by atoms with Crippen LogP contribution in [-0.2, 0) is 4.74 Å². The molecule has 0 saturated heterocycles. The van der Waals surface area contributed by atoms with Gasteiger partial charge in [0.1, 0.15) is 0 Å². The van der Waals surface area contributed by atoms with Gasteiger partial charge in [-0.05, 0) is 31.4 Å². The van der Waals surface area contributed by atoms with Gasteiger partial charge in [-0.15, -0.1) is 0 Å². The Balaban J connectivity index is 2.18. The van der Waals surface area contributed by atoms with E-state index in [1.165, 1.54) is 74.7 Å². The van der Waals surface area contributed by atoms with Gasteiger partial charge in [-0.1, -0.05) is 76.5 Å². The van der Waals surface area contributed by atoms with Crippen LogP contribution in [0, 0.1) is 0 Å². The summed E-state index contributed by atoms with van der Waals surface area (Å²) in [5.74, 6) is 1.24. The lowest BCUT2D eigenvalue weighted by Crippen LogP contribution is -1.88. The highest BCUT2D eigenvalue weighted by Gasteiger charge is 2.14. The highest BCUT2D eigenvalue weighted by Crippen LogP contribution is 2.27. The minimum Gasteiger partial charge on any atom is -0.497 e. The molecule has 0 unspecified atom stereocenters. The lowest BCUT2D eigenvalue weighted by atomic mass is 10.0. The first-order chi connectivity index (χ1) is 10.6. The van der Waals surface area contributed by atoms with Crippen molar-refractivity contribution in [3.63, 3.8) is 0 Å². The highest BCUT2D eigenvalue weighted by atomic mass is 16.5. The van der Waals surface area contributed by atoms with Gasteiger partial charge in [0.15, 0.2) is 0 Å². The summed E-state index contributed by atoms with van der Waals surface area (Å²) in [6, 6.07) is 0. The number of hydrogen-bond donors (Lipinski definition) is 0. The van der Waals surface area contributed by atoms with E-state index in [1.54, 1.807) is 0 Å². The number of hydrogen-bond acceptors (Lipinski definition) is 1. The molecule has 0 saturated carbocycles. The Kier molecular flexibility index (Phi) is 10.0. The van der Waals surface area contributed by atoms with Crippen molar-refractivity contribution in [3.8, 4) is 0 Å². The average molecular weight is 305 g/mol. The molecule has 1 rings (SSSR count). The second kappa shape index (κ2) is 11.6. The van der Waals surface area contributed by atoms with Gasteiger partial charge in [-0.2, -0.15) is 0 Å². The number of unbranched alkanes of at least 4 members (excludes halogenated alkanes) is 8. The van der Waals surface area contributed by atoms with E-state index in [0.29, 0.717) is 0 Å². The summed E-state index contributed by atoms with van der Waals surface area (Å²) in [5, 5.41) is 0. The highest BCUT2D eigenvalue weighted by molar-refractivity contribution is 5.35. The Morgan fingerprint density at radius 3 is 2.18 bits per heavy atom. The summed E-state index contributed by atoms with van der Waals surface area (Å²) >= 11 is 0. The van der Waals surface area contributed by atoms with E-state index in [-0.39, 0.29) is 0 Å². The van der Waals surface area contributed by atoms with Gasteiger partial charge >= 0.3 is 0 Å². The molecule has 126 valence electrons. The number of allylic oxidation sites excluding steroid dienone is 4.